The Hall–Kier alpha value is -2.55. The van der Waals surface area contributed by atoms with E-state index in [1.54, 1.807) is 12.1 Å². The van der Waals surface area contributed by atoms with Gasteiger partial charge in [-0.3, -0.25) is 10.1 Å². The van der Waals surface area contributed by atoms with Crippen molar-refractivity contribution in [2.75, 3.05) is 0 Å². The largest absolute Gasteiger partial charge is 0.402 e. The molecular weight excluding hydrogens is 411 g/mol. The Bertz CT molecular complexity index is 874. The van der Waals surface area contributed by atoms with E-state index in [1.807, 2.05) is 24.3 Å². The highest BCUT2D eigenvalue weighted by Gasteiger charge is 2.25. The first-order valence-electron chi connectivity index (χ1n) is 6.56. The van der Waals surface area contributed by atoms with Gasteiger partial charge in [0, 0.05) is 15.7 Å². The Morgan fingerprint density at radius 3 is 2.70 bits per heavy atom. The van der Waals surface area contributed by atoms with Crippen molar-refractivity contribution in [3.05, 3.63) is 79.0 Å². The Kier molecular flexibility index (Phi) is 4.20. The van der Waals surface area contributed by atoms with E-state index in [2.05, 4.69) is 27.6 Å². The molecule has 1 heterocycles. The first-order chi connectivity index (χ1) is 11.0. The number of rotatable bonds is 3. The van der Waals surface area contributed by atoms with Gasteiger partial charge in [0.2, 0.25) is 5.90 Å². The maximum Gasteiger partial charge on any atom is 0.363 e. The van der Waals surface area contributed by atoms with Crippen LogP contribution in [0, 0.1) is 13.7 Å². The van der Waals surface area contributed by atoms with Gasteiger partial charge in [0.25, 0.3) is 5.69 Å². The molecule has 2 aromatic carbocycles. The molecule has 0 spiro atoms. The molecule has 0 N–H and O–H groups in total. The Labute approximate surface area is 144 Å². The molecule has 6 nitrogen and oxygen atoms in total. The van der Waals surface area contributed by atoms with Crippen LogP contribution >= 0.6 is 22.6 Å². The average molecular weight is 420 g/mol. The fraction of sp³-hybridized carbons (Fsp3) is 0. The van der Waals surface area contributed by atoms with Crippen LogP contribution in [0.15, 0.2) is 59.2 Å². The van der Waals surface area contributed by atoms with Crippen LogP contribution in [0.1, 0.15) is 11.1 Å². The van der Waals surface area contributed by atoms with Crippen LogP contribution in [0.5, 0.6) is 0 Å². The maximum absolute atomic E-state index is 12.0. The Morgan fingerprint density at radius 2 is 1.96 bits per heavy atom. The van der Waals surface area contributed by atoms with Gasteiger partial charge in [0.1, 0.15) is 0 Å². The van der Waals surface area contributed by atoms with Gasteiger partial charge in [-0.15, -0.1) is 0 Å². The Morgan fingerprint density at radius 1 is 1.17 bits per heavy atom. The van der Waals surface area contributed by atoms with Crippen molar-refractivity contribution >= 4 is 46.2 Å². The number of hydrogen-bond acceptors (Lipinski definition) is 5. The van der Waals surface area contributed by atoms with E-state index in [1.165, 1.54) is 18.2 Å². The summed E-state index contributed by atoms with van der Waals surface area (Å²) in [5.74, 6) is -0.345. The van der Waals surface area contributed by atoms with Gasteiger partial charge in [0.05, 0.1) is 10.5 Å². The van der Waals surface area contributed by atoms with E-state index in [9.17, 15) is 14.9 Å². The summed E-state index contributed by atoms with van der Waals surface area (Å²) < 4.78 is 6.11. The molecule has 1 aliphatic rings. The summed E-state index contributed by atoms with van der Waals surface area (Å²) in [6, 6.07) is 13.4. The maximum atomic E-state index is 12.0. The smallest absolute Gasteiger partial charge is 0.363 e. The van der Waals surface area contributed by atoms with Crippen LogP contribution in [0.2, 0.25) is 0 Å². The second-order valence-corrected chi connectivity index (χ2v) is 5.83. The van der Waals surface area contributed by atoms with E-state index < -0.39 is 10.9 Å². The van der Waals surface area contributed by atoms with Crippen molar-refractivity contribution in [2.45, 2.75) is 0 Å². The van der Waals surface area contributed by atoms with Gasteiger partial charge in [-0.25, -0.2) is 9.79 Å². The van der Waals surface area contributed by atoms with Crippen molar-refractivity contribution in [2.24, 2.45) is 4.99 Å². The van der Waals surface area contributed by atoms with Gasteiger partial charge < -0.3 is 4.74 Å². The van der Waals surface area contributed by atoms with Crippen molar-refractivity contribution in [1.82, 2.24) is 0 Å². The van der Waals surface area contributed by atoms with Crippen molar-refractivity contribution in [3.63, 3.8) is 0 Å². The number of benzene rings is 2. The predicted octanol–water partition coefficient (Wildman–Crippen LogP) is 3.54. The number of carbonyl (C=O) groups is 1. The number of hydrogen-bond donors (Lipinski definition) is 0. The van der Waals surface area contributed by atoms with Crippen LogP contribution in [-0.4, -0.2) is 16.8 Å². The third-order valence-corrected chi connectivity index (χ3v) is 4.05. The van der Waals surface area contributed by atoms with E-state index in [0.717, 1.165) is 9.13 Å². The average Bonchev–Trinajstić information content (AvgIpc) is 2.89. The second-order valence-electron chi connectivity index (χ2n) is 4.67. The lowest BCUT2D eigenvalue weighted by Crippen LogP contribution is -2.06. The van der Waals surface area contributed by atoms with Gasteiger partial charge in [-0.2, -0.15) is 0 Å². The molecule has 23 heavy (non-hydrogen) atoms. The molecule has 0 unspecified atom stereocenters. The topological polar surface area (TPSA) is 81.8 Å². The number of non-ortho nitro benzene ring substituents is 1. The van der Waals surface area contributed by atoms with Crippen molar-refractivity contribution in [1.29, 1.82) is 0 Å². The minimum Gasteiger partial charge on any atom is -0.402 e. The number of nitro benzene ring substituents is 1. The monoisotopic (exact) mass is 420 g/mol. The minimum absolute atomic E-state index is 0.0486. The van der Waals surface area contributed by atoms with Crippen LogP contribution in [0.3, 0.4) is 0 Å². The zero-order chi connectivity index (χ0) is 16.4. The molecule has 0 aromatic heterocycles. The number of halogens is 1. The van der Waals surface area contributed by atoms with E-state index in [-0.39, 0.29) is 17.3 Å². The van der Waals surface area contributed by atoms with Gasteiger partial charge in [-0.05, 0) is 46.4 Å². The van der Waals surface area contributed by atoms with Gasteiger partial charge in [-0.1, -0.05) is 24.3 Å². The van der Waals surface area contributed by atoms with Crippen LogP contribution in [0.25, 0.3) is 6.08 Å². The third-order valence-electron chi connectivity index (χ3n) is 3.11. The highest BCUT2D eigenvalue weighted by Crippen LogP contribution is 2.23. The molecule has 0 saturated carbocycles. The molecular formula is C16H9IN2O4. The summed E-state index contributed by atoms with van der Waals surface area (Å²) in [7, 11) is 0. The molecule has 7 heteroatoms. The molecule has 2 aromatic rings. The molecule has 0 radical (unpaired) electrons. The zero-order valence-electron chi connectivity index (χ0n) is 11.6. The third kappa shape index (κ3) is 3.29. The quantitative estimate of drug-likeness (QED) is 0.250. The lowest BCUT2D eigenvalue weighted by atomic mass is 10.1. The molecule has 0 fully saturated rings. The van der Waals surface area contributed by atoms with E-state index >= 15 is 0 Å². The fourth-order valence-electron chi connectivity index (χ4n) is 2.05. The van der Waals surface area contributed by atoms with E-state index in [0.29, 0.717) is 5.56 Å². The van der Waals surface area contributed by atoms with Crippen LogP contribution < -0.4 is 0 Å². The number of nitrogens with zero attached hydrogens (tertiary/aromatic N) is 2. The normalized spacial score (nSPS) is 15.4. The number of aliphatic imine (C=N–C) groups is 1. The molecule has 0 aliphatic carbocycles. The SMILES string of the molecule is O=C1OC(c2ccccc2I)=N/C1=C/c1cccc([N+](=O)[O-])c1. The molecule has 0 saturated heterocycles. The lowest BCUT2D eigenvalue weighted by molar-refractivity contribution is -0.384. The first-order valence-corrected chi connectivity index (χ1v) is 7.64. The second kappa shape index (κ2) is 6.29. The number of esters is 1. The van der Waals surface area contributed by atoms with E-state index in [4.69, 9.17) is 4.74 Å². The fourth-order valence-corrected chi connectivity index (χ4v) is 2.66. The highest BCUT2D eigenvalue weighted by atomic mass is 127. The predicted molar refractivity (Wildman–Crippen MR) is 92.9 cm³/mol. The highest BCUT2D eigenvalue weighted by molar-refractivity contribution is 14.1. The molecule has 3 rings (SSSR count). The van der Waals surface area contributed by atoms with Gasteiger partial charge >= 0.3 is 5.97 Å². The molecule has 114 valence electrons. The zero-order valence-corrected chi connectivity index (χ0v) is 13.8. The molecule has 0 amide bonds. The standard InChI is InChI=1S/C16H9IN2O4/c17-13-7-2-1-6-12(13)15-18-14(16(20)23-15)9-10-4-3-5-11(8-10)19(21)22/h1-9H/b14-9+. The molecule has 0 atom stereocenters. The van der Waals surface area contributed by atoms with Crippen molar-refractivity contribution in [3.8, 4) is 0 Å². The number of nitro groups is 1. The molecule has 1 aliphatic heterocycles. The number of ether oxygens (including phenoxy) is 1. The molecule has 0 bridgehead atoms. The number of cyclic esters (lactones) is 1. The summed E-state index contributed by atoms with van der Waals surface area (Å²) in [5.41, 5.74) is 1.30. The van der Waals surface area contributed by atoms with Crippen LogP contribution in [0.4, 0.5) is 5.69 Å². The summed E-state index contributed by atoms with van der Waals surface area (Å²) in [4.78, 5) is 26.5. The summed E-state index contributed by atoms with van der Waals surface area (Å²) >= 11 is 2.13. The lowest BCUT2D eigenvalue weighted by Gasteiger charge is -2.01. The first kappa shape index (κ1) is 15.3. The Balaban J connectivity index is 1.97. The summed E-state index contributed by atoms with van der Waals surface area (Å²) in [6.45, 7) is 0. The van der Waals surface area contributed by atoms with Crippen molar-refractivity contribution < 1.29 is 14.5 Å². The summed E-state index contributed by atoms with van der Waals surface area (Å²) in [6.07, 6.45) is 1.47. The minimum atomic E-state index is -0.578. The van der Waals surface area contributed by atoms with Crippen LogP contribution in [-0.2, 0) is 9.53 Å². The number of carbonyl (C=O) groups excluding carboxylic acids is 1. The van der Waals surface area contributed by atoms with Gasteiger partial charge in [0.15, 0.2) is 5.70 Å². The summed E-state index contributed by atoms with van der Waals surface area (Å²) in [5, 5.41) is 10.8.